The molecule has 2 amide bonds. The summed E-state index contributed by atoms with van der Waals surface area (Å²) in [7, 11) is 0. The first-order valence-corrected chi connectivity index (χ1v) is 10.1. The van der Waals surface area contributed by atoms with Crippen LogP contribution in [0.2, 0.25) is 0 Å². The van der Waals surface area contributed by atoms with Gasteiger partial charge in [-0.25, -0.2) is 4.39 Å². The first kappa shape index (κ1) is 18.1. The van der Waals surface area contributed by atoms with E-state index in [4.69, 9.17) is 0 Å². The molecule has 5 nitrogen and oxygen atoms in total. The number of carbonyl (C=O) groups is 2. The maximum atomic E-state index is 13.8. The van der Waals surface area contributed by atoms with Crippen LogP contribution < -0.4 is 0 Å². The van der Waals surface area contributed by atoms with Gasteiger partial charge in [0, 0.05) is 38.8 Å². The van der Waals surface area contributed by atoms with Crippen LogP contribution in [-0.2, 0) is 11.3 Å². The molecule has 142 valence electrons. The van der Waals surface area contributed by atoms with Crippen molar-refractivity contribution in [2.75, 3.05) is 13.1 Å². The van der Waals surface area contributed by atoms with Crippen molar-refractivity contribution in [2.45, 2.75) is 38.8 Å². The fraction of sp³-hybridized carbons (Fsp3) is 0.450. The molecule has 1 unspecified atom stereocenters. The highest BCUT2D eigenvalue weighted by Gasteiger charge is 2.58. The Morgan fingerprint density at radius 2 is 2.15 bits per heavy atom. The number of nitrogens with zero attached hydrogens (tertiary/aromatic N) is 3. The molecule has 27 heavy (non-hydrogen) atoms. The van der Waals surface area contributed by atoms with Crippen LogP contribution >= 0.6 is 11.3 Å². The smallest absolute Gasteiger partial charge is 0.256 e. The maximum Gasteiger partial charge on any atom is 0.256 e. The Hall–Kier alpha value is -2.28. The summed E-state index contributed by atoms with van der Waals surface area (Å²) in [4.78, 5) is 32.2. The van der Waals surface area contributed by atoms with Gasteiger partial charge in [-0.15, -0.1) is 0 Å². The van der Waals surface area contributed by atoms with Gasteiger partial charge in [-0.3, -0.25) is 14.6 Å². The second-order valence-electron chi connectivity index (χ2n) is 7.51. The summed E-state index contributed by atoms with van der Waals surface area (Å²) < 4.78 is 13.8. The molecule has 1 saturated carbocycles. The van der Waals surface area contributed by atoms with Crippen molar-refractivity contribution in [2.24, 2.45) is 5.41 Å². The zero-order valence-electron chi connectivity index (χ0n) is 15.2. The number of hydrogen-bond acceptors (Lipinski definition) is 4. The van der Waals surface area contributed by atoms with Crippen molar-refractivity contribution in [3.8, 4) is 0 Å². The number of hydrogen-bond donors (Lipinski definition) is 0. The summed E-state index contributed by atoms with van der Waals surface area (Å²) in [6.45, 7) is 3.47. The molecule has 2 aromatic rings. The van der Waals surface area contributed by atoms with Crippen LogP contribution in [0.5, 0.6) is 0 Å². The Morgan fingerprint density at radius 3 is 2.78 bits per heavy atom. The second-order valence-corrected chi connectivity index (χ2v) is 8.29. The van der Waals surface area contributed by atoms with Crippen LogP contribution in [0.25, 0.3) is 0 Å². The molecule has 0 N–H and O–H groups in total. The minimum absolute atomic E-state index is 0.0797. The number of likely N-dealkylation sites (tertiary alicyclic amines) is 1. The maximum absolute atomic E-state index is 13.8. The standard InChI is InChI=1S/C20H22FN3O2S/c1-14(25)24(12-15-3-9-27-13-15)18-10-20(18)4-7-23(8-5-20)19(26)16-2-6-22-11-17(16)21/h2-3,6,9,11,13,18H,4-5,7-8,10,12H2,1H3. The van der Waals surface area contributed by atoms with Crippen molar-refractivity contribution in [1.82, 2.24) is 14.8 Å². The van der Waals surface area contributed by atoms with E-state index in [1.54, 1.807) is 23.2 Å². The molecule has 1 aliphatic heterocycles. The predicted molar refractivity (Wildman–Crippen MR) is 101 cm³/mol. The number of aromatic nitrogens is 1. The number of amides is 2. The second kappa shape index (κ2) is 7.03. The van der Waals surface area contributed by atoms with Crippen molar-refractivity contribution < 1.29 is 14.0 Å². The van der Waals surface area contributed by atoms with Crippen LogP contribution in [-0.4, -0.2) is 45.7 Å². The number of pyridine rings is 1. The Kier molecular flexibility index (Phi) is 4.72. The number of thiophene rings is 1. The Morgan fingerprint density at radius 1 is 1.37 bits per heavy atom. The number of piperidine rings is 1. The van der Waals surface area contributed by atoms with Crippen LogP contribution in [0.3, 0.4) is 0 Å². The zero-order chi connectivity index (χ0) is 19.0. The van der Waals surface area contributed by atoms with Gasteiger partial charge in [0.1, 0.15) is 0 Å². The van der Waals surface area contributed by atoms with Gasteiger partial charge in [0.25, 0.3) is 5.91 Å². The SMILES string of the molecule is CC(=O)N(Cc1ccsc1)C1CC12CCN(C(=O)c1ccncc1F)CC2. The topological polar surface area (TPSA) is 53.5 Å². The molecule has 0 aromatic carbocycles. The van der Waals surface area contributed by atoms with E-state index in [1.807, 2.05) is 10.3 Å². The number of halogens is 1. The van der Waals surface area contributed by atoms with Crippen LogP contribution in [0.15, 0.2) is 35.3 Å². The lowest BCUT2D eigenvalue weighted by molar-refractivity contribution is -0.130. The average molecular weight is 387 g/mol. The molecule has 3 heterocycles. The van der Waals surface area contributed by atoms with Gasteiger partial charge >= 0.3 is 0 Å². The molecule has 1 aliphatic carbocycles. The van der Waals surface area contributed by atoms with E-state index in [0.29, 0.717) is 19.6 Å². The monoisotopic (exact) mass is 387 g/mol. The molecule has 2 aliphatic rings. The van der Waals surface area contributed by atoms with Crippen molar-refractivity contribution in [3.05, 3.63) is 52.2 Å². The number of carbonyl (C=O) groups excluding carboxylic acids is 2. The highest BCUT2D eigenvalue weighted by atomic mass is 32.1. The molecule has 2 aromatic heterocycles. The Bertz CT molecular complexity index is 847. The summed E-state index contributed by atoms with van der Waals surface area (Å²) in [5.74, 6) is -0.755. The third kappa shape index (κ3) is 3.48. The first-order valence-electron chi connectivity index (χ1n) is 9.17. The van der Waals surface area contributed by atoms with Crippen LogP contribution in [0, 0.1) is 11.2 Å². The molecule has 7 heteroatoms. The predicted octanol–water partition coefficient (Wildman–Crippen LogP) is 3.33. The van der Waals surface area contributed by atoms with E-state index in [-0.39, 0.29) is 28.8 Å². The van der Waals surface area contributed by atoms with E-state index >= 15 is 0 Å². The van der Waals surface area contributed by atoms with Crippen molar-refractivity contribution >= 4 is 23.2 Å². The van der Waals surface area contributed by atoms with E-state index in [0.717, 1.165) is 31.0 Å². The normalized spacial score (nSPS) is 20.5. The van der Waals surface area contributed by atoms with Gasteiger partial charge < -0.3 is 9.80 Å². The highest BCUT2D eigenvalue weighted by Crippen LogP contribution is 2.57. The van der Waals surface area contributed by atoms with Crippen molar-refractivity contribution in [1.29, 1.82) is 0 Å². The average Bonchev–Trinajstić information content (AvgIpc) is 3.09. The Labute approximate surface area is 161 Å². The summed E-state index contributed by atoms with van der Waals surface area (Å²) in [5, 5.41) is 4.11. The lowest BCUT2D eigenvalue weighted by Gasteiger charge is -2.34. The minimum Gasteiger partial charge on any atom is -0.339 e. The van der Waals surface area contributed by atoms with Gasteiger partial charge in [0.05, 0.1) is 11.8 Å². The first-order chi connectivity index (χ1) is 13.0. The van der Waals surface area contributed by atoms with Gasteiger partial charge in [-0.2, -0.15) is 11.3 Å². The third-order valence-electron chi connectivity index (χ3n) is 5.91. The highest BCUT2D eigenvalue weighted by molar-refractivity contribution is 7.07. The summed E-state index contributed by atoms with van der Waals surface area (Å²) >= 11 is 1.64. The molecular weight excluding hydrogens is 365 g/mol. The molecule has 2 fully saturated rings. The summed E-state index contributed by atoms with van der Waals surface area (Å²) in [6, 6.07) is 3.73. The van der Waals surface area contributed by atoms with E-state index in [2.05, 4.69) is 16.4 Å². The molecular formula is C20H22FN3O2S. The minimum atomic E-state index is -0.578. The quantitative estimate of drug-likeness (QED) is 0.809. The van der Waals surface area contributed by atoms with Crippen LogP contribution in [0.1, 0.15) is 42.1 Å². The third-order valence-corrected chi connectivity index (χ3v) is 6.64. The molecule has 0 bridgehead atoms. The Balaban J connectivity index is 1.40. The molecule has 1 saturated heterocycles. The lowest BCUT2D eigenvalue weighted by atomic mass is 9.91. The lowest BCUT2D eigenvalue weighted by Crippen LogP contribution is -2.42. The molecule has 1 spiro atoms. The molecule has 4 rings (SSSR count). The van der Waals surface area contributed by atoms with Crippen molar-refractivity contribution in [3.63, 3.8) is 0 Å². The van der Waals surface area contributed by atoms with E-state index < -0.39 is 5.82 Å². The zero-order valence-corrected chi connectivity index (χ0v) is 16.0. The fourth-order valence-electron chi connectivity index (χ4n) is 4.20. The van der Waals surface area contributed by atoms with Gasteiger partial charge in [-0.05, 0) is 53.1 Å². The molecule has 1 atom stereocenters. The van der Waals surface area contributed by atoms with Crippen LogP contribution in [0.4, 0.5) is 4.39 Å². The fourth-order valence-corrected chi connectivity index (χ4v) is 4.86. The number of rotatable bonds is 4. The summed E-state index contributed by atoms with van der Waals surface area (Å²) in [5.41, 5.74) is 1.35. The molecule has 0 radical (unpaired) electrons. The van der Waals surface area contributed by atoms with Gasteiger partial charge in [-0.1, -0.05) is 0 Å². The van der Waals surface area contributed by atoms with E-state index in [1.165, 1.54) is 12.3 Å². The largest absolute Gasteiger partial charge is 0.339 e. The van der Waals surface area contributed by atoms with Gasteiger partial charge in [0.15, 0.2) is 5.82 Å². The van der Waals surface area contributed by atoms with E-state index in [9.17, 15) is 14.0 Å². The van der Waals surface area contributed by atoms with Gasteiger partial charge in [0.2, 0.25) is 5.91 Å². The summed E-state index contributed by atoms with van der Waals surface area (Å²) in [6.07, 6.45) is 5.20.